The van der Waals surface area contributed by atoms with Gasteiger partial charge in [-0.25, -0.2) is 4.90 Å². The molecule has 134 valence electrons. The van der Waals surface area contributed by atoms with Crippen molar-refractivity contribution >= 4 is 50.1 Å². The third-order valence-corrected chi connectivity index (χ3v) is 5.59. The molecule has 2 aromatic rings. The largest absolute Gasteiger partial charge is 0.497 e. The molecule has 1 heterocycles. The molecule has 1 aliphatic rings. The lowest BCUT2D eigenvalue weighted by Crippen LogP contribution is -2.28. The lowest BCUT2D eigenvalue weighted by Gasteiger charge is -2.17. The van der Waals surface area contributed by atoms with Gasteiger partial charge in [0.25, 0.3) is 11.1 Å². The molecule has 0 saturated carbocycles. The van der Waals surface area contributed by atoms with Crippen LogP contribution < -0.4 is 14.4 Å². The summed E-state index contributed by atoms with van der Waals surface area (Å²) in [6.45, 7) is 1.84. The number of methoxy groups -OCH3 is 2. The molecule has 0 radical (unpaired) electrons. The molecule has 2 amide bonds. The summed E-state index contributed by atoms with van der Waals surface area (Å²) in [5.74, 6) is 0.622. The molecular weight excluding hydrogens is 418 g/mol. The summed E-state index contributed by atoms with van der Waals surface area (Å²) in [6.07, 6.45) is 0. The van der Waals surface area contributed by atoms with E-state index in [2.05, 4.69) is 15.9 Å². The molecular formula is C19H16BrNO4S. The van der Waals surface area contributed by atoms with Gasteiger partial charge in [0.05, 0.1) is 24.8 Å². The number of rotatable bonds is 4. The van der Waals surface area contributed by atoms with Crippen LogP contribution in [0.1, 0.15) is 12.5 Å². The summed E-state index contributed by atoms with van der Waals surface area (Å²) >= 11 is 4.32. The highest BCUT2D eigenvalue weighted by Gasteiger charge is 2.39. The minimum absolute atomic E-state index is 0.357. The Morgan fingerprint density at radius 1 is 1.04 bits per heavy atom. The van der Waals surface area contributed by atoms with Crippen molar-refractivity contribution in [3.8, 4) is 11.5 Å². The monoisotopic (exact) mass is 433 g/mol. The van der Waals surface area contributed by atoms with Crippen LogP contribution in [-0.4, -0.2) is 25.4 Å². The second kappa shape index (κ2) is 7.55. The number of halogens is 1. The van der Waals surface area contributed by atoms with Crippen molar-refractivity contribution in [1.29, 1.82) is 0 Å². The van der Waals surface area contributed by atoms with E-state index in [1.165, 1.54) is 7.11 Å². The van der Waals surface area contributed by atoms with E-state index in [-0.39, 0.29) is 11.1 Å². The first-order valence-electron chi connectivity index (χ1n) is 7.71. The normalized spacial score (nSPS) is 16.1. The van der Waals surface area contributed by atoms with Gasteiger partial charge in [0, 0.05) is 10.5 Å². The van der Waals surface area contributed by atoms with Crippen LogP contribution in [0.3, 0.4) is 0 Å². The van der Waals surface area contributed by atoms with Crippen LogP contribution in [0.5, 0.6) is 11.5 Å². The molecule has 0 aromatic heterocycles. The number of carbonyl (C=O) groups is 2. The Balaban J connectivity index is 2.02. The van der Waals surface area contributed by atoms with E-state index in [4.69, 9.17) is 9.47 Å². The van der Waals surface area contributed by atoms with Crippen molar-refractivity contribution in [3.05, 3.63) is 57.4 Å². The molecule has 1 aliphatic heterocycles. The van der Waals surface area contributed by atoms with E-state index in [1.807, 2.05) is 31.2 Å². The first-order valence-corrected chi connectivity index (χ1v) is 9.32. The van der Waals surface area contributed by atoms with Gasteiger partial charge in [-0.3, -0.25) is 9.59 Å². The molecule has 0 bridgehead atoms. The molecule has 3 rings (SSSR count). The van der Waals surface area contributed by atoms with Crippen LogP contribution in [-0.2, 0) is 4.79 Å². The molecule has 0 atom stereocenters. The Morgan fingerprint density at radius 2 is 1.73 bits per heavy atom. The molecule has 7 heteroatoms. The number of nitrogens with zero attached hydrogens (tertiary/aromatic N) is 1. The Kier molecular flexibility index (Phi) is 5.38. The van der Waals surface area contributed by atoms with E-state index in [0.29, 0.717) is 22.1 Å². The molecule has 0 N–H and O–H groups in total. The van der Waals surface area contributed by atoms with Crippen LogP contribution in [0, 0.1) is 0 Å². The quantitative estimate of drug-likeness (QED) is 0.627. The number of hydrogen-bond acceptors (Lipinski definition) is 5. The fourth-order valence-corrected chi connectivity index (χ4v) is 3.77. The van der Waals surface area contributed by atoms with E-state index in [1.54, 1.807) is 25.3 Å². The van der Waals surface area contributed by atoms with Gasteiger partial charge < -0.3 is 9.47 Å². The lowest BCUT2D eigenvalue weighted by molar-refractivity contribution is -0.113. The highest BCUT2D eigenvalue weighted by Crippen LogP contribution is 2.42. The summed E-state index contributed by atoms with van der Waals surface area (Å²) in [5, 5.41) is -0.357. The molecule has 2 aromatic carbocycles. The van der Waals surface area contributed by atoms with Crippen molar-refractivity contribution in [2.45, 2.75) is 6.92 Å². The maximum absolute atomic E-state index is 13.0. The molecule has 5 nitrogen and oxygen atoms in total. The number of thioether (sulfide) groups is 1. The fraction of sp³-hybridized carbons (Fsp3) is 0.158. The smallest absolute Gasteiger partial charge is 0.298 e. The molecule has 1 saturated heterocycles. The average Bonchev–Trinajstić information content (AvgIpc) is 2.95. The summed E-state index contributed by atoms with van der Waals surface area (Å²) in [5.41, 5.74) is 2.05. The van der Waals surface area contributed by atoms with Gasteiger partial charge in [0.15, 0.2) is 0 Å². The highest BCUT2D eigenvalue weighted by atomic mass is 79.9. The third kappa shape index (κ3) is 3.37. The summed E-state index contributed by atoms with van der Waals surface area (Å²) < 4.78 is 11.5. The number of anilines is 1. The van der Waals surface area contributed by atoms with Crippen LogP contribution >= 0.6 is 27.7 Å². The van der Waals surface area contributed by atoms with Crippen molar-refractivity contribution in [1.82, 2.24) is 0 Å². The average molecular weight is 434 g/mol. The number of carbonyl (C=O) groups excluding carboxylic acids is 2. The SMILES string of the molecule is COc1ccc(N2C(=O)S/C(=C(/C)c3ccc(Br)cc3)C2=O)c(OC)c1. The zero-order chi connectivity index (χ0) is 18.8. The summed E-state index contributed by atoms with van der Waals surface area (Å²) in [7, 11) is 3.03. The number of allylic oxidation sites excluding steroid dienone is 1. The number of ether oxygens (including phenoxy) is 2. The van der Waals surface area contributed by atoms with E-state index in [9.17, 15) is 9.59 Å². The van der Waals surface area contributed by atoms with Crippen LogP contribution in [0.4, 0.5) is 10.5 Å². The predicted octanol–water partition coefficient (Wildman–Crippen LogP) is 5.10. The Bertz CT molecular complexity index is 908. The van der Waals surface area contributed by atoms with Gasteiger partial charge >= 0.3 is 0 Å². The fourth-order valence-electron chi connectivity index (χ4n) is 2.61. The lowest BCUT2D eigenvalue weighted by atomic mass is 10.1. The minimum Gasteiger partial charge on any atom is -0.497 e. The standard InChI is InChI=1S/C19H16BrNO4S/c1-11(12-4-6-13(20)7-5-12)17-18(22)21(19(23)26-17)15-9-8-14(24-2)10-16(15)25-3/h4-10H,1-3H3/b17-11-. The molecule has 0 spiro atoms. The molecule has 1 fully saturated rings. The Morgan fingerprint density at radius 3 is 2.35 bits per heavy atom. The van der Waals surface area contributed by atoms with E-state index >= 15 is 0 Å². The van der Waals surface area contributed by atoms with Crippen molar-refractivity contribution < 1.29 is 19.1 Å². The molecule has 26 heavy (non-hydrogen) atoms. The molecule has 0 unspecified atom stereocenters. The van der Waals surface area contributed by atoms with Gasteiger partial charge in [-0.2, -0.15) is 0 Å². The van der Waals surface area contributed by atoms with Gasteiger partial charge in [-0.1, -0.05) is 28.1 Å². The maximum atomic E-state index is 13.0. The van der Waals surface area contributed by atoms with Gasteiger partial charge in [-0.05, 0) is 54.1 Å². The van der Waals surface area contributed by atoms with Crippen molar-refractivity contribution in [3.63, 3.8) is 0 Å². The second-order valence-corrected chi connectivity index (χ2v) is 7.38. The van der Waals surface area contributed by atoms with Crippen molar-refractivity contribution in [2.75, 3.05) is 19.1 Å². The topological polar surface area (TPSA) is 55.8 Å². The predicted molar refractivity (Wildman–Crippen MR) is 107 cm³/mol. The van der Waals surface area contributed by atoms with Gasteiger partial charge in [0.2, 0.25) is 0 Å². The molecule has 0 aliphatic carbocycles. The van der Waals surface area contributed by atoms with E-state index < -0.39 is 0 Å². The first kappa shape index (κ1) is 18.5. The maximum Gasteiger partial charge on any atom is 0.298 e. The van der Waals surface area contributed by atoms with Gasteiger partial charge in [-0.15, -0.1) is 0 Å². The van der Waals surface area contributed by atoms with E-state index in [0.717, 1.165) is 32.3 Å². The van der Waals surface area contributed by atoms with Crippen LogP contribution in [0.2, 0.25) is 0 Å². The Hall–Kier alpha value is -2.25. The zero-order valence-electron chi connectivity index (χ0n) is 14.4. The first-order chi connectivity index (χ1) is 12.5. The number of imide groups is 1. The zero-order valence-corrected chi connectivity index (χ0v) is 16.8. The summed E-state index contributed by atoms with van der Waals surface area (Å²) in [6, 6.07) is 12.6. The number of hydrogen-bond donors (Lipinski definition) is 0. The number of benzene rings is 2. The number of amides is 2. The van der Waals surface area contributed by atoms with Crippen LogP contribution in [0.25, 0.3) is 5.57 Å². The summed E-state index contributed by atoms with van der Waals surface area (Å²) in [4.78, 5) is 27.1. The minimum atomic E-state index is -0.358. The second-order valence-electron chi connectivity index (χ2n) is 5.51. The third-order valence-electron chi connectivity index (χ3n) is 4.01. The van der Waals surface area contributed by atoms with Crippen LogP contribution in [0.15, 0.2) is 51.8 Å². The van der Waals surface area contributed by atoms with Gasteiger partial charge in [0.1, 0.15) is 11.5 Å². The van der Waals surface area contributed by atoms with Crippen molar-refractivity contribution in [2.24, 2.45) is 0 Å². The Labute approximate surface area is 164 Å². The highest BCUT2D eigenvalue weighted by molar-refractivity contribution is 9.10.